The molecular formula is C20H26N4O2S. The van der Waals surface area contributed by atoms with Gasteiger partial charge in [-0.1, -0.05) is 6.42 Å². The molecule has 0 radical (unpaired) electrons. The van der Waals surface area contributed by atoms with Crippen molar-refractivity contribution < 1.29 is 9.53 Å². The van der Waals surface area contributed by atoms with Crippen LogP contribution in [-0.2, 0) is 0 Å². The van der Waals surface area contributed by atoms with Crippen LogP contribution in [0, 0.1) is 19.8 Å². The van der Waals surface area contributed by atoms with E-state index < -0.39 is 0 Å². The average molecular weight is 387 g/mol. The molecule has 1 aliphatic carbocycles. The van der Waals surface area contributed by atoms with Crippen LogP contribution in [0.15, 0.2) is 12.4 Å². The second-order valence-electron chi connectivity index (χ2n) is 7.60. The molecule has 27 heavy (non-hydrogen) atoms. The zero-order valence-corrected chi connectivity index (χ0v) is 16.8. The van der Waals surface area contributed by atoms with Gasteiger partial charge < -0.3 is 9.64 Å². The number of hydrogen-bond acceptors (Lipinski definition) is 6. The summed E-state index contributed by atoms with van der Waals surface area (Å²) in [6.45, 7) is 6.07. The fraction of sp³-hybridized carbons (Fsp3) is 0.600. The first-order chi connectivity index (χ1) is 13.1. The van der Waals surface area contributed by atoms with Gasteiger partial charge in [-0.2, -0.15) is 0 Å². The van der Waals surface area contributed by atoms with Crippen molar-refractivity contribution in [3.63, 3.8) is 0 Å². The minimum atomic E-state index is 0.124. The second-order valence-corrected chi connectivity index (χ2v) is 8.81. The predicted molar refractivity (Wildman–Crippen MR) is 104 cm³/mol. The number of rotatable bonds is 5. The number of carbonyl (C=O) groups excluding carboxylic acids is 1. The van der Waals surface area contributed by atoms with E-state index in [1.807, 2.05) is 24.8 Å². The summed E-state index contributed by atoms with van der Waals surface area (Å²) in [7, 11) is 0. The smallest absolute Gasteiger partial charge is 0.265 e. The summed E-state index contributed by atoms with van der Waals surface area (Å²) in [5.41, 5.74) is 1.96. The van der Waals surface area contributed by atoms with E-state index in [9.17, 15) is 4.79 Å². The van der Waals surface area contributed by atoms with Crippen molar-refractivity contribution in [2.45, 2.75) is 51.9 Å². The Bertz CT molecular complexity index is 810. The number of piperidine rings is 1. The van der Waals surface area contributed by atoms with Crippen LogP contribution in [0.4, 0.5) is 0 Å². The van der Waals surface area contributed by atoms with Gasteiger partial charge in [0.15, 0.2) is 0 Å². The van der Waals surface area contributed by atoms with Crippen LogP contribution in [0.5, 0.6) is 5.88 Å². The number of thiazole rings is 1. The molecule has 1 saturated carbocycles. The first kappa shape index (κ1) is 18.3. The number of ether oxygens (including phenoxy) is 1. The van der Waals surface area contributed by atoms with Crippen LogP contribution in [0.25, 0.3) is 0 Å². The number of carbonyl (C=O) groups is 1. The number of aromatic nitrogens is 3. The molecule has 2 aromatic heterocycles. The highest BCUT2D eigenvalue weighted by molar-refractivity contribution is 7.13. The van der Waals surface area contributed by atoms with Gasteiger partial charge in [0.25, 0.3) is 5.91 Å². The summed E-state index contributed by atoms with van der Waals surface area (Å²) in [6, 6.07) is 2.00. The minimum Gasteiger partial charge on any atom is -0.477 e. The molecule has 0 N–H and O–H groups in total. The molecule has 0 atom stereocenters. The lowest BCUT2D eigenvalue weighted by atomic mass is 9.83. The lowest BCUT2D eigenvalue weighted by Crippen LogP contribution is -2.39. The van der Waals surface area contributed by atoms with Gasteiger partial charge in [0, 0.05) is 25.1 Å². The van der Waals surface area contributed by atoms with Gasteiger partial charge in [0.05, 0.1) is 23.0 Å². The van der Waals surface area contributed by atoms with Crippen molar-refractivity contribution in [3.05, 3.63) is 33.7 Å². The number of aryl methyl sites for hydroxylation is 2. The summed E-state index contributed by atoms with van der Waals surface area (Å²) in [5, 5.41) is 0.949. The third-order valence-corrected chi connectivity index (χ3v) is 6.71. The minimum absolute atomic E-state index is 0.124. The number of likely N-dealkylation sites (tertiary alicyclic amines) is 1. The van der Waals surface area contributed by atoms with Crippen LogP contribution in [0.3, 0.4) is 0 Å². The van der Waals surface area contributed by atoms with E-state index in [1.165, 1.54) is 30.6 Å². The summed E-state index contributed by atoms with van der Waals surface area (Å²) >= 11 is 1.49. The van der Waals surface area contributed by atoms with Gasteiger partial charge in [-0.3, -0.25) is 4.79 Å². The zero-order valence-electron chi connectivity index (χ0n) is 16.0. The Morgan fingerprint density at radius 1 is 1.22 bits per heavy atom. The largest absolute Gasteiger partial charge is 0.477 e. The Hall–Kier alpha value is -2.02. The second kappa shape index (κ2) is 7.92. The Balaban J connectivity index is 1.27. The normalized spacial score (nSPS) is 18.4. The highest BCUT2D eigenvalue weighted by Crippen LogP contribution is 2.35. The molecule has 0 unspecified atom stereocenters. The molecule has 1 saturated heterocycles. The molecule has 2 aliphatic rings. The summed E-state index contributed by atoms with van der Waals surface area (Å²) < 4.78 is 5.95. The third-order valence-electron chi connectivity index (χ3n) is 5.65. The van der Waals surface area contributed by atoms with Crippen LogP contribution in [0.1, 0.15) is 64.1 Å². The lowest BCUT2D eigenvalue weighted by molar-refractivity contribution is 0.0663. The summed E-state index contributed by atoms with van der Waals surface area (Å²) in [4.78, 5) is 28.5. The van der Waals surface area contributed by atoms with Gasteiger partial charge in [-0.05, 0) is 45.4 Å². The molecule has 0 spiro atoms. The highest BCUT2D eigenvalue weighted by Gasteiger charge is 2.27. The lowest BCUT2D eigenvalue weighted by Gasteiger charge is -2.31. The quantitative estimate of drug-likeness (QED) is 0.783. The number of amides is 1. The molecule has 2 fully saturated rings. The molecule has 7 heteroatoms. The van der Waals surface area contributed by atoms with Crippen molar-refractivity contribution >= 4 is 17.2 Å². The third kappa shape index (κ3) is 4.13. The van der Waals surface area contributed by atoms with E-state index in [0.29, 0.717) is 24.3 Å². The van der Waals surface area contributed by atoms with Gasteiger partial charge >= 0.3 is 0 Å². The Kier molecular flexibility index (Phi) is 5.38. The van der Waals surface area contributed by atoms with Gasteiger partial charge in [-0.25, -0.2) is 15.0 Å². The maximum absolute atomic E-state index is 12.7. The predicted octanol–water partition coefficient (Wildman–Crippen LogP) is 3.75. The van der Waals surface area contributed by atoms with E-state index in [2.05, 4.69) is 15.0 Å². The molecule has 6 nitrogen and oxygen atoms in total. The monoisotopic (exact) mass is 386 g/mol. The van der Waals surface area contributed by atoms with E-state index in [4.69, 9.17) is 4.74 Å². The molecule has 1 amide bonds. The number of nitrogens with zero attached hydrogens (tertiary/aromatic N) is 4. The molecule has 0 bridgehead atoms. The van der Waals surface area contributed by atoms with Gasteiger partial charge in [-0.15, -0.1) is 11.3 Å². The van der Waals surface area contributed by atoms with E-state index in [0.717, 1.165) is 47.2 Å². The zero-order chi connectivity index (χ0) is 18.8. The van der Waals surface area contributed by atoms with Crippen LogP contribution >= 0.6 is 11.3 Å². The molecule has 3 heterocycles. The Morgan fingerprint density at radius 2 is 2.00 bits per heavy atom. The fourth-order valence-electron chi connectivity index (χ4n) is 3.74. The molecule has 0 aromatic carbocycles. The topological polar surface area (TPSA) is 68.2 Å². The van der Waals surface area contributed by atoms with E-state index >= 15 is 0 Å². The van der Waals surface area contributed by atoms with Crippen LogP contribution < -0.4 is 4.74 Å². The van der Waals surface area contributed by atoms with Crippen molar-refractivity contribution in [1.82, 2.24) is 19.9 Å². The SMILES string of the molecule is Cc1nc(C)c(C(=O)N2CCC(COc3cc(C4CCC4)ncn3)CC2)s1. The first-order valence-electron chi connectivity index (χ1n) is 9.78. The van der Waals surface area contributed by atoms with Crippen LogP contribution in [-0.4, -0.2) is 45.5 Å². The first-order valence-corrected chi connectivity index (χ1v) is 10.6. The van der Waals surface area contributed by atoms with E-state index in [1.54, 1.807) is 6.33 Å². The maximum Gasteiger partial charge on any atom is 0.265 e. The molecular weight excluding hydrogens is 360 g/mol. The highest BCUT2D eigenvalue weighted by atomic mass is 32.1. The molecule has 4 rings (SSSR count). The van der Waals surface area contributed by atoms with Gasteiger partial charge in [0.1, 0.15) is 11.2 Å². The average Bonchev–Trinajstić information content (AvgIpc) is 2.97. The number of hydrogen-bond donors (Lipinski definition) is 0. The Labute approximate surface area is 164 Å². The Morgan fingerprint density at radius 3 is 2.63 bits per heavy atom. The van der Waals surface area contributed by atoms with Crippen molar-refractivity contribution in [3.8, 4) is 5.88 Å². The maximum atomic E-state index is 12.7. The summed E-state index contributed by atoms with van der Waals surface area (Å²) in [6.07, 6.45) is 7.28. The molecule has 2 aromatic rings. The standard InChI is InChI=1S/C20H26N4O2S/c1-13-19(27-14(2)23-13)20(25)24-8-6-15(7-9-24)11-26-18-10-17(21-12-22-18)16-4-3-5-16/h10,12,15-16H,3-9,11H2,1-2H3. The van der Waals surface area contributed by atoms with E-state index in [-0.39, 0.29) is 5.91 Å². The summed E-state index contributed by atoms with van der Waals surface area (Å²) in [5.74, 6) is 1.85. The van der Waals surface area contributed by atoms with Crippen LogP contribution in [0.2, 0.25) is 0 Å². The van der Waals surface area contributed by atoms with Gasteiger partial charge in [0.2, 0.25) is 5.88 Å². The van der Waals surface area contributed by atoms with Crippen molar-refractivity contribution in [2.75, 3.05) is 19.7 Å². The van der Waals surface area contributed by atoms with Crippen molar-refractivity contribution in [2.24, 2.45) is 5.92 Å². The fourth-order valence-corrected chi connectivity index (χ4v) is 4.63. The molecule has 144 valence electrons. The van der Waals surface area contributed by atoms with Crippen molar-refractivity contribution in [1.29, 1.82) is 0 Å². The molecule has 1 aliphatic heterocycles.